The van der Waals surface area contributed by atoms with Crippen LogP contribution in [0.25, 0.3) is 0 Å². The van der Waals surface area contributed by atoms with E-state index in [0.29, 0.717) is 12.1 Å². The Bertz CT molecular complexity index is 801. The summed E-state index contributed by atoms with van der Waals surface area (Å²) in [7, 11) is -0.586. The summed E-state index contributed by atoms with van der Waals surface area (Å²) in [6.45, 7) is 2.07. The minimum atomic E-state index is -3.53. The first-order chi connectivity index (χ1) is 11.8. The number of amides is 1. The number of nitrogens with one attached hydrogen (secondary N) is 1. The molecule has 0 unspecified atom stereocenters. The Morgan fingerprint density at radius 1 is 1.36 bits per heavy atom. The highest BCUT2D eigenvalue weighted by molar-refractivity contribution is 7.89. The standard InChI is InChI=1S/C17H24N4O3S/c1-4-6-15(21-10-9-18-13-21)12-17(22)19-14-7-5-8-16(11-14)25(23,24)20(2)3/h5,7-11,13,15H,4,6,12H2,1-3H3,(H,19,22)/t15-/m1/s1. The minimum absolute atomic E-state index is 0.0289. The number of aromatic nitrogens is 2. The van der Waals surface area contributed by atoms with Crippen LogP contribution in [0.2, 0.25) is 0 Å². The fraction of sp³-hybridized carbons (Fsp3) is 0.412. The molecule has 0 aliphatic rings. The molecule has 0 radical (unpaired) electrons. The first-order valence-electron chi connectivity index (χ1n) is 8.14. The maximum absolute atomic E-state index is 12.4. The number of carbonyl (C=O) groups excluding carboxylic acids is 1. The summed E-state index contributed by atoms with van der Waals surface area (Å²) in [5, 5.41) is 2.79. The monoisotopic (exact) mass is 364 g/mol. The Hall–Kier alpha value is -2.19. The number of rotatable bonds is 8. The SMILES string of the molecule is CCC[C@H](CC(=O)Nc1cccc(S(=O)(=O)N(C)C)c1)n1ccnc1. The van der Waals surface area contributed by atoms with E-state index in [-0.39, 0.29) is 16.8 Å². The number of anilines is 1. The molecule has 0 bridgehead atoms. The number of benzene rings is 1. The van der Waals surface area contributed by atoms with Gasteiger partial charge in [0.15, 0.2) is 0 Å². The van der Waals surface area contributed by atoms with Gasteiger partial charge in [0.2, 0.25) is 15.9 Å². The summed E-state index contributed by atoms with van der Waals surface area (Å²) in [5.74, 6) is -0.161. The Kier molecular flexibility index (Phi) is 6.33. The molecule has 25 heavy (non-hydrogen) atoms. The van der Waals surface area contributed by atoms with Gasteiger partial charge in [-0.1, -0.05) is 19.4 Å². The predicted molar refractivity (Wildman–Crippen MR) is 96.7 cm³/mol. The van der Waals surface area contributed by atoms with Crippen LogP contribution in [0.5, 0.6) is 0 Å². The fourth-order valence-electron chi connectivity index (χ4n) is 2.55. The van der Waals surface area contributed by atoms with Crippen molar-refractivity contribution in [2.24, 2.45) is 0 Å². The van der Waals surface area contributed by atoms with Crippen molar-refractivity contribution in [3.63, 3.8) is 0 Å². The van der Waals surface area contributed by atoms with Crippen molar-refractivity contribution < 1.29 is 13.2 Å². The zero-order chi connectivity index (χ0) is 18.4. The van der Waals surface area contributed by atoms with Gasteiger partial charge in [0.05, 0.1) is 11.2 Å². The van der Waals surface area contributed by atoms with Gasteiger partial charge in [-0.05, 0) is 24.6 Å². The lowest BCUT2D eigenvalue weighted by Crippen LogP contribution is -2.22. The van der Waals surface area contributed by atoms with E-state index in [1.54, 1.807) is 24.7 Å². The highest BCUT2D eigenvalue weighted by Gasteiger charge is 2.19. The van der Waals surface area contributed by atoms with Crippen LogP contribution in [-0.4, -0.2) is 42.3 Å². The number of hydrogen-bond acceptors (Lipinski definition) is 4. The fourth-order valence-corrected chi connectivity index (χ4v) is 3.49. The molecule has 2 rings (SSSR count). The Morgan fingerprint density at radius 3 is 2.72 bits per heavy atom. The van der Waals surface area contributed by atoms with Gasteiger partial charge in [0, 0.05) is 44.6 Å². The molecule has 0 aliphatic heterocycles. The van der Waals surface area contributed by atoms with Gasteiger partial charge >= 0.3 is 0 Å². The second kappa shape index (κ2) is 8.26. The molecule has 2 aromatic rings. The summed E-state index contributed by atoms with van der Waals surface area (Å²) < 4.78 is 27.5. The lowest BCUT2D eigenvalue weighted by atomic mass is 10.1. The van der Waals surface area contributed by atoms with Crippen molar-refractivity contribution in [1.82, 2.24) is 13.9 Å². The minimum Gasteiger partial charge on any atom is -0.334 e. The number of imidazole rings is 1. The maximum Gasteiger partial charge on any atom is 0.242 e. The Morgan fingerprint density at radius 2 is 2.12 bits per heavy atom. The number of hydrogen-bond donors (Lipinski definition) is 1. The van der Waals surface area contributed by atoms with Crippen LogP contribution >= 0.6 is 0 Å². The van der Waals surface area contributed by atoms with Gasteiger partial charge in [-0.2, -0.15) is 0 Å². The summed E-state index contributed by atoms with van der Waals surface area (Å²) in [4.78, 5) is 16.6. The molecule has 1 heterocycles. The van der Waals surface area contributed by atoms with E-state index in [1.165, 1.54) is 26.2 Å². The Labute approximate surface area is 148 Å². The lowest BCUT2D eigenvalue weighted by Gasteiger charge is -2.17. The molecule has 0 aliphatic carbocycles. The van der Waals surface area contributed by atoms with E-state index in [1.807, 2.05) is 10.8 Å². The van der Waals surface area contributed by atoms with Crippen LogP contribution in [0.4, 0.5) is 5.69 Å². The summed E-state index contributed by atoms with van der Waals surface area (Å²) in [6.07, 6.45) is 7.35. The zero-order valence-corrected chi connectivity index (χ0v) is 15.5. The third-order valence-electron chi connectivity index (χ3n) is 3.89. The molecule has 1 aromatic carbocycles. The molecule has 8 heteroatoms. The van der Waals surface area contributed by atoms with Crippen LogP contribution in [0, 0.1) is 0 Å². The highest BCUT2D eigenvalue weighted by Crippen LogP contribution is 2.21. The van der Waals surface area contributed by atoms with Crippen molar-refractivity contribution in [2.75, 3.05) is 19.4 Å². The van der Waals surface area contributed by atoms with E-state index in [9.17, 15) is 13.2 Å². The third-order valence-corrected chi connectivity index (χ3v) is 5.70. The lowest BCUT2D eigenvalue weighted by molar-refractivity contribution is -0.117. The van der Waals surface area contributed by atoms with E-state index >= 15 is 0 Å². The van der Waals surface area contributed by atoms with E-state index in [2.05, 4.69) is 17.2 Å². The first-order valence-corrected chi connectivity index (χ1v) is 9.58. The molecule has 1 aromatic heterocycles. The average molecular weight is 364 g/mol. The van der Waals surface area contributed by atoms with Gasteiger partial charge in [0.25, 0.3) is 0 Å². The second-order valence-corrected chi connectivity index (χ2v) is 8.17. The maximum atomic E-state index is 12.4. The quantitative estimate of drug-likeness (QED) is 0.780. The predicted octanol–water partition coefficient (Wildman–Crippen LogP) is 2.50. The van der Waals surface area contributed by atoms with E-state index in [0.717, 1.165) is 17.1 Å². The summed E-state index contributed by atoms with van der Waals surface area (Å²) in [6, 6.07) is 6.31. The third kappa shape index (κ3) is 4.90. The zero-order valence-electron chi connectivity index (χ0n) is 14.7. The van der Waals surface area contributed by atoms with Crippen molar-refractivity contribution in [2.45, 2.75) is 37.1 Å². The van der Waals surface area contributed by atoms with E-state index in [4.69, 9.17) is 0 Å². The number of sulfonamides is 1. The molecule has 1 N–H and O–H groups in total. The van der Waals surface area contributed by atoms with Crippen LogP contribution in [0.15, 0.2) is 47.9 Å². The molecule has 136 valence electrons. The molecule has 1 atom stereocenters. The topological polar surface area (TPSA) is 84.3 Å². The second-order valence-electron chi connectivity index (χ2n) is 6.02. The normalized spacial score (nSPS) is 13.0. The van der Waals surface area contributed by atoms with Crippen molar-refractivity contribution in [1.29, 1.82) is 0 Å². The van der Waals surface area contributed by atoms with Gasteiger partial charge in [0.1, 0.15) is 0 Å². The van der Waals surface area contributed by atoms with Crippen molar-refractivity contribution in [3.8, 4) is 0 Å². The largest absolute Gasteiger partial charge is 0.334 e. The highest BCUT2D eigenvalue weighted by atomic mass is 32.2. The molecule has 0 fully saturated rings. The number of nitrogens with zero attached hydrogens (tertiary/aromatic N) is 3. The molecule has 0 spiro atoms. The van der Waals surface area contributed by atoms with Crippen LogP contribution in [-0.2, 0) is 14.8 Å². The molecule has 7 nitrogen and oxygen atoms in total. The molecule has 0 saturated carbocycles. The summed E-state index contributed by atoms with van der Waals surface area (Å²) >= 11 is 0. The average Bonchev–Trinajstić information content (AvgIpc) is 3.09. The first kappa shape index (κ1) is 19.1. The smallest absolute Gasteiger partial charge is 0.242 e. The molecule has 1 amide bonds. The van der Waals surface area contributed by atoms with Crippen LogP contribution < -0.4 is 5.32 Å². The van der Waals surface area contributed by atoms with Crippen molar-refractivity contribution >= 4 is 21.6 Å². The van der Waals surface area contributed by atoms with Gasteiger partial charge < -0.3 is 9.88 Å². The molecular formula is C17H24N4O3S. The van der Waals surface area contributed by atoms with Gasteiger partial charge in [-0.15, -0.1) is 0 Å². The Balaban J connectivity index is 2.10. The summed E-state index contributed by atoms with van der Waals surface area (Å²) in [5.41, 5.74) is 0.466. The molecular weight excluding hydrogens is 340 g/mol. The van der Waals surface area contributed by atoms with Crippen LogP contribution in [0.3, 0.4) is 0 Å². The van der Waals surface area contributed by atoms with Crippen molar-refractivity contribution in [3.05, 3.63) is 43.0 Å². The number of carbonyl (C=O) groups is 1. The van der Waals surface area contributed by atoms with E-state index < -0.39 is 10.0 Å². The van der Waals surface area contributed by atoms with Crippen LogP contribution in [0.1, 0.15) is 32.2 Å². The van der Waals surface area contributed by atoms with Gasteiger partial charge in [-0.3, -0.25) is 4.79 Å². The molecule has 0 saturated heterocycles. The van der Waals surface area contributed by atoms with Gasteiger partial charge in [-0.25, -0.2) is 17.7 Å².